The first-order chi connectivity index (χ1) is 13.5. The van der Waals surface area contributed by atoms with E-state index in [0.29, 0.717) is 35.2 Å². The maximum atomic E-state index is 13.5. The summed E-state index contributed by atoms with van der Waals surface area (Å²) in [5.41, 5.74) is 0.482. The van der Waals surface area contributed by atoms with Crippen molar-refractivity contribution in [1.29, 1.82) is 0 Å². The summed E-state index contributed by atoms with van der Waals surface area (Å²) in [5, 5.41) is 0.367. The predicted molar refractivity (Wildman–Crippen MR) is 108 cm³/mol. The number of hydrogen-bond acceptors (Lipinski definition) is 5. The largest absolute Gasteiger partial charge is 0.493 e. The van der Waals surface area contributed by atoms with Crippen LogP contribution in [0.3, 0.4) is 0 Å². The molecular formula is C21H27ClN2O4. The van der Waals surface area contributed by atoms with E-state index in [1.165, 1.54) is 0 Å². The van der Waals surface area contributed by atoms with Gasteiger partial charge >= 0.3 is 0 Å². The van der Waals surface area contributed by atoms with Crippen LogP contribution >= 0.6 is 11.6 Å². The first-order valence-corrected chi connectivity index (χ1v) is 9.93. The molecular weight excluding hydrogens is 380 g/mol. The summed E-state index contributed by atoms with van der Waals surface area (Å²) < 4.78 is 16.5. The highest BCUT2D eigenvalue weighted by molar-refractivity contribution is 6.32. The number of amides is 1. The van der Waals surface area contributed by atoms with Crippen molar-refractivity contribution in [2.75, 3.05) is 33.9 Å². The molecule has 0 spiro atoms. The lowest BCUT2D eigenvalue weighted by Crippen LogP contribution is -2.46. The van der Waals surface area contributed by atoms with E-state index in [-0.39, 0.29) is 11.9 Å². The fourth-order valence-corrected chi connectivity index (χ4v) is 3.80. The molecule has 2 heterocycles. The highest BCUT2D eigenvalue weighted by Gasteiger charge is 2.29. The van der Waals surface area contributed by atoms with Gasteiger partial charge in [-0.05, 0) is 64.2 Å². The summed E-state index contributed by atoms with van der Waals surface area (Å²) in [6, 6.07) is 7.22. The molecule has 1 aliphatic rings. The Bertz CT molecular complexity index is 786. The van der Waals surface area contributed by atoms with Gasteiger partial charge in [0.15, 0.2) is 11.5 Å². The summed E-state index contributed by atoms with van der Waals surface area (Å²) >= 11 is 6.39. The zero-order chi connectivity index (χ0) is 20.1. The second-order valence-corrected chi connectivity index (χ2v) is 7.38. The van der Waals surface area contributed by atoms with Crippen LogP contribution in [0.2, 0.25) is 5.02 Å². The molecule has 0 aliphatic carbocycles. The molecule has 0 atom stereocenters. The zero-order valence-corrected chi connectivity index (χ0v) is 17.4. The molecule has 28 heavy (non-hydrogen) atoms. The number of carbonyl (C=O) groups excluding carboxylic acids is 1. The van der Waals surface area contributed by atoms with Gasteiger partial charge in [0.1, 0.15) is 5.76 Å². The number of piperidine rings is 1. The second kappa shape index (κ2) is 9.34. The van der Waals surface area contributed by atoms with Crippen molar-refractivity contribution in [2.45, 2.75) is 32.4 Å². The van der Waals surface area contributed by atoms with Crippen LogP contribution in [0.15, 0.2) is 34.9 Å². The average Bonchev–Trinajstić information content (AvgIpc) is 3.21. The van der Waals surface area contributed by atoms with E-state index in [0.717, 1.165) is 31.7 Å². The summed E-state index contributed by atoms with van der Waals surface area (Å²) in [6.45, 7) is 4.68. The Labute approximate surface area is 171 Å². The quantitative estimate of drug-likeness (QED) is 0.693. The van der Waals surface area contributed by atoms with Gasteiger partial charge in [0, 0.05) is 11.6 Å². The first-order valence-electron chi connectivity index (χ1n) is 9.55. The third kappa shape index (κ3) is 4.62. The highest BCUT2D eigenvalue weighted by atomic mass is 35.5. The third-order valence-corrected chi connectivity index (χ3v) is 5.34. The normalized spacial score (nSPS) is 15.4. The topological polar surface area (TPSA) is 55.2 Å². The van der Waals surface area contributed by atoms with Crippen LogP contribution in [0.4, 0.5) is 0 Å². The molecule has 0 saturated carbocycles. The van der Waals surface area contributed by atoms with Crippen molar-refractivity contribution >= 4 is 17.5 Å². The first kappa shape index (κ1) is 20.6. The molecule has 0 N–H and O–H groups in total. The van der Waals surface area contributed by atoms with Crippen molar-refractivity contribution in [3.8, 4) is 11.5 Å². The number of furan rings is 1. The molecule has 1 aromatic carbocycles. The second-order valence-electron chi connectivity index (χ2n) is 6.97. The van der Waals surface area contributed by atoms with Gasteiger partial charge in [0.2, 0.25) is 0 Å². The molecule has 0 unspecified atom stereocenters. The number of methoxy groups -OCH3 is 1. The number of hydrogen-bond donors (Lipinski definition) is 0. The molecule has 0 radical (unpaired) electrons. The average molecular weight is 407 g/mol. The lowest BCUT2D eigenvalue weighted by Gasteiger charge is -2.37. The molecule has 1 saturated heterocycles. The third-order valence-electron chi connectivity index (χ3n) is 5.06. The Kier molecular flexibility index (Phi) is 6.86. The van der Waals surface area contributed by atoms with Crippen LogP contribution in [-0.4, -0.2) is 55.6 Å². The number of likely N-dealkylation sites (tertiary alicyclic amines) is 1. The van der Waals surface area contributed by atoms with Crippen LogP contribution < -0.4 is 9.47 Å². The highest BCUT2D eigenvalue weighted by Crippen LogP contribution is 2.37. The number of rotatable bonds is 7. The van der Waals surface area contributed by atoms with Crippen LogP contribution in [-0.2, 0) is 6.54 Å². The standard InChI is InChI=1S/C21H27ClN2O4/c1-4-27-20-18(22)12-15(13-19(20)26-3)21(25)24(14-17-6-5-11-28-17)16-7-9-23(2)10-8-16/h5-6,11-13,16H,4,7-10,14H2,1-3H3. The van der Waals surface area contributed by atoms with Crippen LogP contribution in [0.5, 0.6) is 11.5 Å². The van der Waals surface area contributed by atoms with Gasteiger partial charge in [0.05, 0.1) is 31.5 Å². The Morgan fingerprint density at radius 2 is 2.11 bits per heavy atom. The molecule has 1 aromatic heterocycles. The molecule has 6 nitrogen and oxygen atoms in total. The van der Waals surface area contributed by atoms with Crippen LogP contribution in [0.25, 0.3) is 0 Å². The Balaban J connectivity index is 1.90. The maximum absolute atomic E-state index is 13.5. The van der Waals surface area contributed by atoms with Gasteiger partial charge in [-0.2, -0.15) is 0 Å². The minimum atomic E-state index is -0.0887. The van der Waals surface area contributed by atoms with E-state index >= 15 is 0 Å². The van der Waals surface area contributed by atoms with Gasteiger partial charge < -0.3 is 23.7 Å². The Hall–Kier alpha value is -2.18. The molecule has 3 rings (SSSR count). The number of ether oxygens (including phenoxy) is 2. The fraction of sp³-hybridized carbons (Fsp3) is 0.476. The van der Waals surface area contributed by atoms with Crippen molar-refractivity contribution in [3.63, 3.8) is 0 Å². The lowest BCUT2D eigenvalue weighted by atomic mass is 10.0. The van der Waals surface area contributed by atoms with E-state index in [1.807, 2.05) is 24.0 Å². The smallest absolute Gasteiger partial charge is 0.254 e. The van der Waals surface area contributed by atoms with Crippen molar-refractivity contribution < 1.29 is 18.7 Å². The number of nitrogens with zero attached hydrogens (tertiary/aromatic N) is 2. The van der Waals surface area contributed by atoms with Crippen molar-refractivity contribution in [2.24, 2.45) is 0 Å². The summed E-state index contributed by atoms with van der Waals surface area (Å²) in [5.74, 6) is 1.59. The molecule has 0 bridgehead atoms. The van der Waals surface area contributed by atoms with Crippen LogP contribution in [0.1, 0.15) is 35.9 Å². The Morgan fingerprint density at radius 1 is 1.36 bits per heavy atom. The summed E-state index contributed by atoms with van der Waals surface area (Å²) in [4.78, 5) is 17.6. The van der Waals surface area contributed by atoms with Crippen molar-refractivity contribution in [3.05, 3.63) is 46.9 Å². The van der Waals surface area contributed by atoms with Gasteiger partial charge in [-0.3, -0.25) is 4.79 Å². The molecule has 2 aromatic rings. The molecule has 1 aliphatic heterocycles. The number of halogens is 1. The molecule has 152 valence electrons. The molecule has 7 heteroatoms. The van der Waals surface area contributed by atoms with E-state index in [2.05, 4.69) is 11.9 Å². The lowest BCUT2D eigenvalue weighted by molar-refractivity contribution is 0.0550. The van der Waals surface area contributed by atoms with E-state index < -0.39 is 0 Å². The summed E-state index contributed by atoms with van der Waals surface area (Å²) in [7, 11) is 3.64. The molecule has 1 fully saturated rings. The zero-order valence-electron chi connectivity index (χ0n) is 16.6. The van der Waals surface area contributed by atoms with Crippen molar-refractivity contribution in [1.82, 2.24) is 9.80 Å². The van der Waals surface area contributed by atoms with Crippen LogP contribution in [0, 0.1) is 0 Å². The van der Waals surface area contributed by atoms with E-state index in [9.17, 15) is 4.79 Å². The van der Waals surface area contributed by atoms with E-state index in [4.69, 9.17) is 25.5 Å². The van der Waals surface area contributed by atoms with Gasteiger partial charge in [0.25, 0.3) is 5.91 Å². The van der Waals surface area contributed by atoms with E-state index in [1.54, 1.807) is 25.5 Å². The van der Waals surface area contributed by atoms with Gasteiger partial charge in [-0.25, -0.2) is 0 Å². The predicted octanol–water partition coefficient (Wildman–Crippen LogP) is 4.08. The molecule has 1 amide bonds. The number of benzene rings is 1. The monoisotopic (exact) mass is 406 g/mol. The Morgan fingerprint density at radius 3 is 2.71 bits per heavy atom. The minimum Gasteiger partial charge on any atom is -0.493 e. The minimum absolute atomic E-state index is 0.0887. The van der Waals surface area contributed by atoms with Gasteiger partial charge in [-0.15, -0.1) is 0 Å². The maximum Gasteiger partial charge on any atom is 0.254 e. The van der Waals surface area contributed by atoms with Gasteiger partial charge in [-0.1, -0.05) is 11.6 Å². The number of carbonyl (C=O) groups is 1. The SMILES string of the molecule is CCOc1c(Cl)cc(C(=O)N(Cc2ccco2)C2CCN(C)CC2)cc1OC. The summed E-state index contributed by atoms with van der Waals surface area (Å²) in [6.07, 6.45) is 3.47. The fourth-order valence-electron chi connectivity index (χ4n) is 3.54.